The van der Waals surface area contributed by atoms with Crippen LogP contribution in [0.25, 0.3) is 4.96 Å². The van der Waals surface area contributed by atoms with E-state index in [2.05, 4.69) is 40.9 Å². The van der Waals surface area contributed by atoms with Crippen LogP contribution in [0.1, 0.15) is 37.9 Å². The van der Waals surface area contributed by atoms with Gasteiger partial charge in [0.25, 0.3) is 0 Å². The maximum absolute atomic E-state index is 12.9. The molecule has 4 heterocycles. The molecule has 0 unspecified atom stereocenters. The molecule has 3 aromatic rings. The van der Waals surface area contributed by atoms with E-state index in [0.717, 1.165) is 15.8 Å². The van der Waals surface area contributed by atoms with Crippen LogP contribution in [0.5, 0.6) is 0 Å². The fourth-order valence-corrected chi connectivity index (χ4v) is 5.92. The van der Waals surface area contributed by atoms with Gasteiger partial charge in [-0.3, -0.25) is 0 Å². The van der Waals surface area contributed by atoms with Crippen LogP contribution in [0, 0.1) is 13.8 Å². The van der Waals surface area contributed by atoms with E-state index in [1.807, 2.05) is 10.7 Å². The Morgan fingerprint density at radius 1 is 1.14 bits per heavy atom. The quantitative estimate of drug-likeness (QED) is 0.636. The van der Waals surface area contributed by atoms with E-state index in [1.54, 1.807) is 13.8 Å². The van der Waals surface area contributed by atoms with Crippen molar-refractivity contribution in [1.82, 2.24) is 24.1 Å². The summed E-state index contributed by atoms with van der Waals surface area (Å²) < 4.78 is 34.2. The number of aryl methyl sites for hydroxylation is 2. The van der Waals surface area contributed by atoms with Crippen molar-refractivity contribution in [3.8, 4) is 0 Å². The van der Waals surface area contributed by atoms with Crippen LogP contribution >= 0.6 is 11.3 Å². The molecule has 28 heavy (non-hydrogen) atoms. The standard InChI is InChI=1S/C17H24N6O3S2/c1-11-14(12(2)26-20-11)28(24,25)22-8-6-21(7-9-22)16-19-23-10-13(17(3,4)5)18-15(23)27-16/h10H,6-9H2,1-5H3. The third kappa shape index (κ3) is 3.20. The van der Waals surface area contributed by atoms with Crippen molar-refractivity contribution in [1.29, 1.82) is 0 Å². The van der Waals surface area contributed by atoms with Crippen molar-refractivity contribution >= 4 is 31.5 Å². The van der Waals surface area contributed by atoms with Gasteiger partial charge in [-0.25, -0.2) is 17.9 Å². The molecule has 152 valence electrons. The minimum atomic E-state index is -3.61. The normalized spacial score (nSPS) is 17.0. The fourth-order valence-electron chi connectivity index (χ4n) is 3.27. The maximum Gasteiger partial charge on any atom is 0.248 e. The summed E-state index contributed by atoms with van der Waals surface area (Å²) in [6.45, 7) is 11.6. The third-order valence-corrected chi connectivity index (χ3v) is 8.00. The number of sulfonamides is 1. The first-order valence-corrected chi connectivity index (χ1v) is 11.4. The van der Waals surface area contributed by atoms with Gasteiger partial charge in [-0.05, 0) is 13.8 Å². The van der Waals surface area contributed by atoms with Crippen molar-refractivity contribution < 1.29 is 12.9 Å². The molecular formula is C17H24N6O3S2. The number of hydrogen-bond donors (Lipinski definition) is 0. The van der Waals surface area contributed by atoms with E-state index in [0.29, 0.717) is 37.6 Å². The highest BCUT2D eigenvalue weighted by Gasteiger charge is 2.34. The molecule has 1 aliphatic rings. The van der Waals surface area contributed by atoms with Crippen molar-refractivity contribution in [3.05, 3.63) is 23.3 Å². The molecule has 1 fully saturated rings. The Bertz CT molecular complexity index is 1060. The van der Waals surface area contributed by atoms with Gasteiger partial charge < -0.3 is 9.42 Å². The molecule has 1 saturated heterocycles. The van der Waals surface area contributed by atoms with Crippen LogP contribution in [0.2, 0.25) is 0 Å². The molecule has 1 aliphatic heterocycles. The Labute approximate surface area is 168 Å². The molecule has 0 amide bonds. The van der Waals surface area contributed by atoms with E-state index in [4.69, 9.17) is 4.52 Å². The highest BCUT2D eigenvalue weighted by molar-refractivity contribution is 7.89. The van der Waals surface area contributed by atoms with Gasteiger partial charge in [-0.2, -0.15) is 4.31 Å². The molecular weight excluding hydrogens is 400 g/mol. The lowest BCUT2D eigenvalue weighted by Gasteiger charge is -2.33. The number of imidazole rings is 1. The molecule has 0 spiro atoms. The number of nitrogens with zero attached hydrogens (tertiary/aromatic N) is 6. The van der Waals surface area contributed by atoms with E-state index in [9.17, 15) is 8.42 Å². The Morgan fingerprint density at radius 3 is 2.36 bits per heavy atom. The minimum absolute atomic E-state index is 0.0221. The molecule has 0 atom stereocenters. The molecule has 0 bridgehead atoms. The SMILES string of the molecule is Cc1noc(C)c1S(=O)(=O)N1CCN(c2nn3cc(C(C)(C)C)nc3s2)CC1. The zero-order valence-corrected chi connectivity index (χ0v) is 18.3. The number of anilines is 1. The molecule has 0 N–H and O–H groups in total. The first kappa shape index (κ1) is 19.3. The second-order valence-corrected chi connectivity index (χ2v) is 10.8. The smallest absolute Gasteiger partial charge is 0.248 e. The monoisotopic (exact) mass is 424 g/mol. The van der Waals surface area contributed by atoms with Gasteiger partial charge in [0.05, 0.1) is 11.9 Å². The molecule has 11 heteroatoms. The predicted molar refractivity (Wildman–Crippen MR) is 107 cm³/mol. The highest BCUT2D eigenvalue weighted by Crippen LogP contribution is 2.29. The topological polar surface area (TPSA) is 96.8 Å². The molecule has 0 saturated carbocycles. The van der Waals surface area contributed by atoms with E-state index < -0.39 is 10.0 Å². The van der Waals surface area contributed by atoms with E-state index in [1.165, 1.54) is 15.6 Å². The first-order valence-electron chi connectivity index (χ1n) is 9.12. The van der Waals surface area contributed by atoms with Crippen LogP contribution in [-0.2, 0) is 15.4 Å². The largest absolute Gasteiger partial charge is 0.360 e. The second kappa shape index (κ2) is 6.53. The van der Waals surface area contributed by atoms with Crippen LogP contribution in [0.15, 0.2) is 15.6 Å². The molecule has 0 aromatic carbocycles. The van der Waals surface area contributed by atoms with Crippen LogP contribution in [-0.4, -0.2) is 58.7 Å². The molecule has 9 nitrogen and oxygen atoms in total. The van der Waals surface area contributed by atoms with Crippen molar-refractivity contribution in [2.45, 2.75) is 44.9 Å². The minimum Gasteiger partial charge on any atom is -0.360 e. The van der Waals surface area contributed by atoms with Gasteiger partial charge >= 0.3 is 0 Å². The number of rotatable bonds is 3. The van der Waals surface area contributed by atoms with Crippen LogP contribution in [0.3, 0.4) is 0 Å². The Kier molecular flexibility index (Phi) is 4.51. The third-order valence-electron chi connectivity index (χ3n) is 4.88. The zero-order chi connectivity index (χ0) is 20.3. The number of aromatic nitrogens is 4. The fraction of sp³-hybridized carbons (Fsp3) is 0.588. The average molecular weight is 425 g/mol. The van der Waals surface area contributed by atoms with Gasteiger partial charge in [-0.15, -0.1) is 5.10 Å². The zero-order valence-electron chi connectivity index (χ0n) is 16.6. The number of fused-ring (bicyclic) bond motifs is 1. The van der Waals surface area contributed by atoms with E-state index in [-0.39, 0.29) is 10.3 Å². The molecule has 3 aromatic heterocycles. The summed E-state index contributed by atoms with van der Waals surface area (Å²) in [5, 5.41) is 9.27. The summed E-state index contributed by atoms with van der Waals surface area (Å²) in [6, 6.07) is 0. The van der Waals surface area contributed by atoms with Crippen LogP contribution < -0.4 is 4.90 Å². The maximum atomic E-state index is 12.9. The molecule has 0 radical (unpaired) electrons. The second-order valence-electron chi connectivity index (χ2n) is 8.03. The average Bonchev–Trinajstić information content (AvgIpc) is 3.27. The van der Waals surface area contributed by atoms with Crippen molar-refractivity contribution in [3.63, 3.8) is 0 Å². The highest BCUT2D eigenvalue weighted by atomic mass is 32.2. The summed E-state index contributed by atoms with van der Waals surface area (Å²) >= 11 is 1.53. The first-order chi connectivity index (χ1) is 13.1. The van der Waals surface area contributed by atoms with Crippen molar-refractivity contribution in [2.24, 2.45) is 0 Å². The summed E-state index contributed by atoms with van der Waals surface area (Å²) in [5.74, 6) is 0.329. The summed E-state index contributed by atoms with van der Waals surface area (Å²) in [7, 11) is -3.61. The predicted octanol–water partition coefficient (Wildman–Crippen LogP) is 2.20. The lowest BCUT2D eigenvalue weighted by atomic mass is 9.93. The summed E-state index contributed by atoms with van der Waals surface area (Å²) in [5.41, 5.74) is 1.38. The van der Waals surface area contributed by atoms with Gasteiger partial charge in [0.1, 0.15) is 10.6 Å². The number of piperazine rings is 1. The van der Waals surface area contributed by atoms with Crippen molar-refractivity contribution in [2.75, 3.05) is 31.1 Å². The lowest BCUT2D eigenvalue weighted by Crippen LogP contribution is -2.48. The van der Waals surface area contributed by atoms with Gasteiger partial charge in [0.15, 0.2) is 5.76 Å². The van der Waals surface area contributed by atoms with Crippen LogP contribution in [0.4, 0.5) is 5.13 Å². The Balaban J connectivity index is 1.50. The summed E-state index contributed by atoms with van der Waals surface area (Å²) in [4.78, 5) is 7.82. The molecule has 4 rings (SSSR count). The van der Waals surface area contributed by atoms with Gasteiger partial charge in [0, 0.05) is 31.6 Å². The van der Waals surface area contributed by atoms with Gasteiger partial charge in [-0.1, -0.05) is 37.3 Å². The number of hydrogen-bond acceptors (Lipinski definition) is 8. The lowest BCUT2D eigenvalue weighted by molar-refractivity contribution is 0.378. The summed E-state index contributed by atoms with van der Waals surface area (Å²) in [6.07, 6.45) is 1.97. The van der Waals surface area contributed by atoms with E-state index >= 15 is 0 Å². The molecule has 0 aliphatic carbocycles. The Morgan fingerprint density at radius 2 is 1.82 bits per heavy atom. The Hall–Kier alpha value is -1.98. The van der Waals surface area contributed by atoms with Gasteiger partial charge in [0.2, 0.25) is 20.1 Å².